The molecule has 18 heavy (non-hydrogen) atoms. The zero-order chi connectivity index (χ0) is 13.5. The molecule has 0 radical (unpaired) electrons. The number of hydrogen-bond acceptors (Lipinski definition) is 4. The van der Waals surface area contributed by atoms with E-state index in [0.717, 1.165) is 11.8 Å². The number of thioether (sulfide) groups is 1. The van der Waals surface area contributed by atoms with Crippen molar-refractivity contribution in [3.8, 4) is 17.6 Å². The molecule has 0 heterocycles. The van der Waals surface area contributed by atoms with Crippen LogP contribution in [-0.2, 0) is 4.79 Å². The van der Waals surface area contributed by atoms with E-state index in [1.807, 2.05) is 0 Å². The van der Waals surface area contributed by atoms with E-state index >= 15 is 0 Å². The molecular formula is C13H12O4S. The number of rotatable bonds is 3. The van der Waals surface area contributed by atoms with Gasteiger partial charge < -0.3 is 9.84 Å². The maximum atomic E-state index is 11.0. The lowest BCUT2D eigenvalue weighted by atomic mass is 10.1. The number of carboxylic acid groups (broad SMARTS) is 1. The van der Waals surface area contributed by atoms with E-state index in [4.69, 9.17) is 9.84 Å². The van der Waals surface area contributed by atoms with Crippen LogP contribution in [0.4, 0.5) is 0 Å². The topological polar surface area (TPSA) is 63.6 Å². The summed E-state index contributed by atoms with van der Waals surface area (Å²) in [5.74, 6) is 5.15. The highest BCUT2D eigenvalue weighted by Crippen LogP contribution is 2.22. The summed E-state index contributed by atoms with van der Waals surface area (Å²) in [6.07, 6.45) is 0. The van der Waals surface area contributed by atoms with Gasteiger partial charge in [0.15, 0.2) is 5.12 Å². The normalized spacial score (nSPS) is 9.22. The van der Waals surface area contributed by atoms with E-state index in [2.05, 4.69) is 11.8 Å². The Morgan fingerprint density at radius 2 is 2.17 bits per heavy atom. The van der Waals surface area contributed by atoms with Crippen molar-refractivity contribution < 1.29 is 19.4 Å². The van der Waals surface area contributed by atoms with E-state index in [9.17, 15) is 9.59 Å². The molecule has 0 saturated heterocycles. The Hall–Kier alpha value is -1.93. The molecule has 0 aliphatic rings. The van der Waals surface area contributed by atoms with Gasteiger partial charge in [0.2, 0.25) is 0 Å². The van der Waals surface area contributed by atoms with E-state index in [1.54, 1.807) is 12.1 Å². The fraction of sp³-hybridized carbons (Fsp3) is 0.231. The summed E-state index contributed by atoms with van der Waals surface area (Å²) in [5.41, 5.74) is 0.574. The predicted octanol–water partition coefficient (Wildman–Crippen LogP) is 2.02. The first-order valence-electron chi connectivity index (χ1n) is 5.08. The molecule has 0 aliphatic carbocycles. The van der Waals surface area contributed by atoms with Gasteiger partial charge >= 0.3 is 5.97 Å². The lowest BCUT2D eigenvalue weighted by Gasteiger charge is -2.06. The van der Waals surface area contributed by atoms with Crippen LogP contribution in [0.5, 0.6) is 5.75 Å². The van der Waals surface area contributed by atoms with E-state index in [0.29, 0.717) is 11.3 Å². The summed E-state index contributed by atoms with van der Waals surface area (Å²) >= 11 is 1.10. The van der Waals surface area contributed by atoms with Crippen LogP contribution in [0.1, 0.15) is 22.8 Å². The maximum absolute atomic E-state index is 11.0. The van der Waals surface area contributed by atoms with Crippen LogP contribution in [0.15, 0.2) is 18.2 Å². The molecule has 0 amide bonds. The fourth-order valence-electron chi connectivity index (χ4n) is 1.29. The van der Waals surface area contributed by atoms with Crippen LogP contribution in [0.2, 0.25) is 0 Å². The van der Waals surface area contributed by atoms with Crippen molar-refractivity contribution in [1.29, 1.82) is 0 Å². The van der Waals surface area contributed by atoms with Crippen molar-refractivity contribution >= 4 is 22.8 Å². The Labute approximate surface area is 109 Å². The number of carbonyl (C=O) groups is 2. The summed E-state index contributed by atoms with van der Waals surface area (Å²) in [4.78, 5) is 21.7. The van der Waals surface area contributed by atoms with Crippen LogP contribution in [0.25, 0.3) is 0 Å². The summed E-state index contributed by atoms with van der Waals surface area (Å²) in [5, 5.41) is 8.98. The summed E-state index contributed by atoms with van der Waals surface area (Å²) in [6, 6.07) is 4.74. The van der Waals surface area contributed by atoms with Gasteiger partial charge in [0.25, 0.3) is 0 Å². The van der Waals surface area contributed by atoms with Gasteiger partial charge in [-0.15, -0.1) is 0 Å². The third-order valence-corrected chi connectivity index (χ3v) is 2.72. The highest BCUT2D eigenvalue weighted by atomic mass is 32.2. The molecule has 94 valence electrons. The molecule has 0 atom stereocenters. The van der Waals surface area contributed by atoms with Crippen LogP contribution in [-0.4, -0.2) is 29.1 Å². The van der Waals surface area contributed by atoms with Gasteiger partial charge in [0.05, 0.1) is 18.4 Å². The maximum Gasteiger partial charge on any atom is 0.339 e. The first kappa shape index (κ1) is 14.1. The molecular weight excluding hydrogens is 252 g/mol. The largest absolute Gasteiger partial charge is 0.495 e. The zero-order valence-electron chi connectivity index (χ0n) is 10.0. The second-order valence-corrected chi connectivity index (χ2v) is 4.43. The minimum absolute atomic E-state index is 0.00412. The van der Waals surface area contributed by atoms with E-state index in [1.165, 1.54) is 20.1 Å². The molecule has 1 aromatic carbocycles. The molecule has 1 N–H and O–H groups in total. The van der Waals surface area contributed by atoms with E-state index in [-0.39, 0.29) is 16.4 Å². The number of hydrogen-bond donors (Lipinski definition) is 1. The molecule has 1 aromatic rings. The lowest BCUT2D eigenvalue weighted by Crippen LogP contribution is -2.01. The third kappa shape index (κ3) is 3.82. The number of carboxylic acids is 1. The minimum atomic E-state index is -1.06. The number of ether oxygens (including phenoxy) is 1. The van der Waals surface area contributed by atoms with Crippen molar-refractivity contribution in [2.45, 2.75) is 6.92 Å². The monoisotopic (exact) mass is 264 g/mol. The molecule has 1 rings (SSSR count). The molecule has 0 fully saturated rings. The summed E-state index contributed by atoms with van der Waals surface area (Å²) in [7, 11) is 1.40. The Kier molecular flexibility index (Phi) is 5.28. The van der Waals surface area contributed by atoms with Gasteiger partial charge in [-0.05, 0) is 12.1 Å². The molecule has 0 aromatic heterocycles. The fourth-order valence-corrected chi connectivity index (χ4v) is 1.64. The van der Waals surface area contributed by atoms with Gasteiger partial charge in [0, 0.05) is 6.92 Å². The quantitative estimate of drug-likeness (QED) is 0.846. The highest BCUT2D eigenvalue weighted by Gasteiger charge is 2.13. The second kappa shape index (κ2) is 6.72. The molecule has 0 aliphatic heterocycles. The first-order valence-corrected chi connectivity index (χ1v) is 6.07. The van der Waals surface area contributed by atoms with Crippen LogP contribution in [0, 0.1) is 11.8 Å². The summed E-state index contributed by atoms with van der Waals surface area (Å²) in [6.45, 7) is 1.47. The van der Waals surface area contributed by atoms with Gasteiger partial charge in [-0.2, -0.15) is 0 Å². The highest BCUT2D eigenvalue weighted by molar-refractivity contribution is 8.13. The van der Waals surface area contributed by atoms with Crippen LogP contribution in [0.3, 0.4) is 0 Å². The molecule has 5 heteroatoms. The predicted molar refractivity (Wildman–Crippen MR) is 70.0 cm³/mol. The Morgan fingerprint density at radius 1 is 1.44 bits per heavy atom. The smallest absolute Gasteiger partial charge is 0.339 e. The van der Waals surface area contributed by atoms with Crippen molar-refractivity contribution in [3.05, 3.63) is 29.3 Å². The van der Waals surface area contributed by atoms with Crippen molar-refractivity contribution in [2.75, 3.05) is 12.9 Å². The van der Waals surface area contributed by atoms with Crippen LogP contribution < -0.4 is 4.74 Å². The number of para-hydroxylation sites is 1. The van der Waals surface area contributed by atoms with Crippen molar-refractivity contribution in [1.82, 2.24) is 0 Å². The average molecular weight is 264 g/mol. The molecule has 0 unspecified atom stereocenters. The Morgan fingerprint density at radius 3 is 2.72 bits per heavy atom. The van der Waals surface area contributed by atoms with Gasteiger partial charge in [-0.25, -0.2) is 4.79 Å². The van der Waals surface area contributed by atoms with Gasteiger partial charge in [0.1, 0.15) is 11.3 Å². The standard InChI is InChI=1S/C13H12O4S/c1-9(14)18-8-4-6-10-5-3-7-11(13(15)16)12(10)17-2/h3,5,7H,8H2,1-2H3,(H,15,16). The first-order chi connectivity index (χ1) is 8.56. The minimum Gasteiger partial charge on any atom is -0.495 e. The van der Waals surface area contributed by atoms with Crippen molar-refractivity contribution in [3.63, 3.8) is 0 Å². The zero-order valence-corrected chi connectivity index (χ0v) is 10.8. The number of carbonyl (C=O) groups excluding carboxylic acids is 1. The average Bonchev–Trinajstić information content (AvgIpc) is 2.33. The Bertz CT molecular complexity index is 526. The van der Waals surface area contributed by atoms with Crippen molar-refractivity contribution in [2.24, 2.45) is 0 Å². The SMILES string of the molecule is COc1c(C#CCSC(C)=O)cccc1C(=O)O. The summed E-state index contributed by atoms with van der Waals surface area (Å²) < 4.78 is 5.06. The molecule has 0 spiro atoms. The van der Waals surface area contributed by atoms with E-state index < -0.39 is 5.97 Å². The number of methoxy groups -OCH3 is 1. The molecule has 0 saturated carbocycles. The lowest BCUT2D eigenvalue weighted by molar-refractivity contribution is -0.109. The molecule has 4 nitrogen and oxygen atoms in total. The number of aromatic carboxylic acids is 1. The molecule has 0 bridgehead atoms. The third-order valence-electron chi connectivity index (χ3n) is 2.02. The number of benzene rings is 1. The second-order valence-electron chi connectivity index (χ2n) is 3.27. The van der Waals surface area contributed by atoms with Gasteiger partial charge in [-0.3, -0.25) is 4.79 Å². The Balaban J connectivity index is 2.98. The van der Waals surface area contributed by atoms with Gasteiger partial charge in [-0.1, -0.05) is 29.7 Å². The van der Waals surface area contributed by atoms with Crippen LogP contribution >= 0.6 is 11.8 Å².